The number of nitrogen functional groups attached to an aromatic ring is 2. The summed E-state index contributed by atoms with van der Waals surface area (Å²) in [6, 6.07) is 8.56. The number of rotatable bonds is 6. The molecule has 1 aromatic carbocycles. The molecule has 4 N–H and O–H groups in total. The first-order valence-electron chi connectivity index (χ1n) is 12.9. The number of hydrogen-bond donors (Lipinski definition) is 2. The topological polar surface area (TPSA) is 143 Å². The number of piperidine rings is 1. The zero-order chi connectivity index (χ0) is 28.7. The molecule has 1 amide bonds. The van der Waals surface area contributed by atoms with Crippen molar-refractivity contribution in [3.05, 3.63) is 72.6 Å². The Kier molecular flexibility index (Phi) is 6.48. The molecule has 11 nitrogen and oxygen atoms in total. The highest BCUT2D eigenvalue weighted by atomic mass is 19.3. The number of carbonyl (C=O) groups excluding carboxylic acids is 1. The molecule has 0 atom stereocenters. The van der Waals surface area contributed by atoms with E-state index in [0.29, 0.717) is 22.6 Å². The molecule has 1 aliphatic heterocycles. The molecular formula is C28H27F2N9O2. The van der Waals surface area contributed by atoms with Crippen LogP contribution >= 0.6 is 0 Å². The van der Waals surface area contributed by atoms with Crippen molar-refractivity contribution in [1.82, 2.24) is 34.2 Å². The highest BCUT2D eigenvalue weighted by molar-refractivity contribution is 6.01. The Morgan fingerprint density at radius 2 is 1.90 bits per heavy atom. The van der Waals surface area contributed by atoms with Gasteiger partial charge in [-0.15, -0.1) is 0 Å². The summed E-state index contributed by atoms with van der Waals surface area (Å²) in [5, 5.41) is 5.20. The Morgan fingerprint density at radius 1 is 1.10 bits per heavy atom. The summed E-state index contributed by atoms with van der Waals surface area (Å²) >= 11 is 0. The minimum absolute atomic E-state index is 0.00841. The molecule has 0 bridgehead atoms. The van der Waals surface area contributed by atoms with Crippen LogP contribution in [0.1, 0.15) is 28.8 Å². The molecule has 13 heteroatoms. The predicted octanol–water partition coefficient (Wildman–Crippen LogP) is 3.83. The summed E-state index contributed by atoms with van der Waals surface area (Å²) in [5.74, 6) is -2.29. The minimum atomic E-state index is -2.73. The highest BCUT2D eigenvalue weighted by Gasteiger charge is 2.36. The summed E-state index contributed by atoms with van der Waals surface area (Å²) in [6.07, 6.45) is 7.86. The minimum Gasteiger partial charge on any atom is -0.489 e. The summed E-state index contributed by atoms with van der Waals surface area (Å²) in [5.41, 5.74) is 16.5. The first-order valence-corrected chi connectivity index (χ1v) is 12.9. The molecule has 0 saturated carbocycles. The third-order valence-corrected chi connectivity index (χ3v) is 7.10. The number of nitrogens with two attached hydrogens (primary N) is 2. The Morgan fingerprint density at radius 3 is 2.63 bits per heavy atom. The largest absolute Gasteiger partial charge is 0.489 e. The lowest BCUT2D eigenvalue weighted by atomic mass is 10.0. The first-order chi connectivity index (χ1) is 19.7. The van der Waals surface area contributed by atoms with E-state index in [4.69, 9.17) is 16.2 Å². The molecule has 1 saturated heterocycles. The van der Waals surface area contributed by atoms with Crippen LogP contribution in [0.25, 0.3) is 28.0 Å². The van der Waals surface area contributed by atoms with Crippen LogP contribution in [0.3, 0.4) is 0 Å². The summed E-state index contributed by atoms with van der Waals surface area (Å²) in [6.45, 7) is 0.162. The molecule has 6 rings (SSSR count). The van der Waals surface area contributed by atoms with Crippen molar-refractivity contribution >= 4 is 28.4 Å². The molecule has 0 aliphatic carbocycles. The van der Waals surface area contributed by atoms with Gasteiger partial charge in [0.2, 0.25) is 0 Å². The molecule has 0 radical (unpaired) electrons. The van der Waals surface area contributed by atoms with E-state index in [2.05, 4.69) is 20.1 Å². The SMILES string of the molecule is Cn1ccc(-c2cn(-c3cncc(COc4ccc(C(=O)N5CCC(F)(F)CC5)c(N)c4)c3)c3ncnc(N)c23)n1. The number of fused-ring (bicyclic) bond motifs is 1. The molecule has 4 aromatic heterocycles. The van der Waals surface area contributed by atoms with Gasteiger partial charge in [-0.05, 0) is 24.3 Å². The van der Waals surface area contributed by atoms with Gasteiger partial charge in [0, 0.05) is 74.5 Å². The van der Waals surface area contributed by atoms with Gasteiger partial charge < -0.3 is 21.1 Å². The number of likely N-dealkylation sites (tertiary alicyclic amines) is 1. The van der Waals surface area contributed by atoms with E-state index in [0.717, 1.165) is 22.5 Å². The number of hydrogen-bond acceptors (Lipinski definition) is 8. The monoisotopic (exact) mass is 559 g/mol. The van der Waals surface area contributed by atoms with Gasteiger partial charge in [0.1, 0.15) is 24.5 Å². The van der Waals surface area contributed by atoms with Gasteiger partial charge in [-0.2, -0.15) is 5.10 Å². The zero-order valence-corrected chi connectivity index (χ0v) is 22.2. The van der Waals surface area contributed by atoms with Crippen LogP contribution < -0.4 is 16.2 Å². The zero-order valence-electron chi connectivity index (χ0n) is 22.2. The second kappa shape index (κ2) is 10.2. The average Bonchev–Trinajstić information content (AvgIpc) is 3.56. The number of amides is 1. The number of aromatic nitrogens is 6. The fraction of sp³-hybridized carbons (Fsp3) is 0.250. The lowest BCUT2D eigenvalue weighted by molar-refractivity contribution is -0.0494. The maximum absolute atomic E-state index is 13.5. The molecule has 210 valence electrons. The number of anilines is 2. The third-order valence-electron chi connectivity index (χ3n) is 7.10. The van der Waals surface area contributed by atoms with Gasteiger partial charge in [-0.3, -0.25) is 19.0 Å². The van der Waals surface area contributed by atoms with Crippen molar-refractivity contribution in [2.45, 2.75) is 25.4 Å². The number of nitrogens with zero attached hydrogens (tertiary/aromatic N) is 7. The van der Waals surface area contributed by atoms with Crippen LogP contribution in [0.2, 0.25) is 0 Å². The molecule has 41 heavy (non-hydrogen) atoms. The van der Waals surface area contributed by atoms with Crippen molar-refractivity contribution in [2.75, 3.05) is 24.6 Å². The normalized spacial score (nSPS) is 14.9. The van der Waals surface area contributed by atoms with Crippen LogP contribution in [0.5, 0.6) is 5.75 Å². The fourth-order valence-corrected chi connectivity index (χ4v) is 4.92. The van der Waals surface area contributed by atoms with E-state index in [1.54, 1.807) is 35.3 Å². The van der Waals surface area contributed by atoms with Gasteiger partial charge in [-0.1, -0.05) is 0 Å². The van der Waals surface area contributed by atoms with Gasteiger partial charge >= 0.3 is 0 Å². The third kappa shape index (κ3) is 5.13. The van der Waals surface area contributed by atoms with Crippen LogP contribution in [0.15, 0.2) is 61.4 Å². The molecule has 5 aromatic rings. The van der Waals surface area contributed by atoms with Crippen molar-refractivity contribution in [3.8, 4) is 22.7 Å². The molecule has 1 aliphatic rings. The van der Waals surface area contributed by atoms with Crippen molar-refractivity contribution < 1.29 is 18.3 Å². The number of ether oxygens (including phenoxy) is 1. The smallest absolute Gasteiger partial charge is 0.255 e. The second-order valence-corrected chi connectivity index (χ2v) is 9.98. The highest BCUT2D eigenvalue weighted by Crippen LogP contribution is 2.34. The maximum atomic E-state index is 13.5. The van der Waals surface area contributed by atoms with Gasteiger partial charge in [0.15, 0.2) is 5.65 Å². The summed E-state index contributed by atoms with van der Waals surface area (Å²) in [4.78, 5) is 27.2. The Bertz CT molecular complexity index is 1750. The first kappa shape index (κ1) is 26.2. The van der Waals surface area contributed by atoms with E-state index in [9.17, 15) is 13.6 Å². The van der Waals surface area contributed by atoms with E-state index < -0.39 is 5.92 Å². The lowest BCUT2D eigenvalue weighted by Gasteiger charge is -2.32. The van der Waals surface area contributed by atoms with Gasteiger partial charge in [0.05, 0.1) is 28.5 Å². The van der Waals surface area contributed by atoms with Crippen molar-refractivity contribution in [1.29, 1.82) is 0 Å². The van der Waals surface area contributed by atoms with Crippen LogP contribution in [-0.4, -0.2) is 59.1 Å². The van der Waals surface area contributed by atoms with E-state index in [1.165, 1.54) is 11.2 Å². The summed E-state index contributed by atoms with van der Waals surface area (Å²) < 4.78 is 36.5. The second-order valence-electron chi connectivity index (χ2n) is 9.98. The van der Waals surface area contributed by atoms with E-state index >= 15 is 0 Å². The van der Waals surface area contributed by atoms with E-state index in [-0.39, 0.29) is 49.7 Å². The van der Waals surface area contributed by atoms with Crippen LogP contribution in [-0.2, 0) is 13.7 Å². The fourth-order valence-electron chi connectivity index (χ4n) is 4.92. The number of aryl methyl sites for hydroxylation is 1. The molecule has 0 unspecified atom stereocenters. The quantitative estimate of drug-likeness (QED) is 0.299. The van der Waals surface area contributed by atoms with Crippen LogP contribution in [0, 0.1) is 0 Å². The predicted molar refractivity (Wildman–Crippen MR) is 149 cm³/mol. The molecule has 0 spiro atoms. The van der Waals surface area contributed by atoms with Crippen LogP contribution in [0.4, 0.5) is 20.3 Å². The Hall–Kier alpha value is -5.07. The standard InChI is InChI=1S/C28H27F2N9O2/c1-37-7-4-23(36-37)21-14-39(26-24(21)25(32)34-16-35-26)18-10-17(12-33-13-18)15-41-19-2-3-20(22(31)11-19)27(40)38-8-5-28(29,30)6-9-38/h2-4,7,10-14,16H,5-6,8-9,15,31H2,1H3,(H2,32,34,35). The number of pyridine rings is 1. The number of alkyl halides is 2. The number of benzene rings is 1. The average molecular weight is 560 g/mol. The molecule has 1 fully saturated rings. The Labute approximate surface area is 233 Å². The Balaban J connectivity index is 1.21. The van der Waals surface area contributed by atoms with Gasteiger partial charge in [0.25, 0.3) is 11.8 Å². The molecule has 5 heterocycles. The lowest BCUT2D eigenvalue weighted by Crippen LogP contribution is -2.42. The van der Waals surface area contributed by atoms with E-state index in [1.807, 2.05) is 36.1 Å². The van der Waals surface area contributed by atoms with Gasteiger partial charge in [-0.25, -0.2) is 18.7 Å². The molecular weight excluding hydrogens is 532 g/mol. The number of carbonyl (C=O) groups is 1. The van der Waals surface area contributed by atoms with Crippen molar-refractivity contribution in [2.24, 2.45) is 7.05 Å². The number of halogens is 2. The van der Waals surface area contributed by atoms with Crippen molar-refractivity contribution in [3.63, 3.8) is 0 Å². The summed E-state index contributed by atoms with van der Waals surface area (Å²) in [7, 11) is 1.84. The maximum Gasteiger partial charge on any atom is 0.255 e.